The molecule has 0 aromatic heterocycles. The summed E-state index contributed by atoms with van der Waals surface area (Å²) < 4.78 is 5.79. The maximum atomic E-state index is 6.38. The number of halogens is 2. The molecule has 0 bridgehead atoms. The summed E-state index contributed by atoms with van der Waals surface area (Å²) in [5.41, 5.74) is 6.35. The average Bonchev–Trinajstić information content (AvgIpc) is 2.45. The van der Waals surface area contributed by atoms with Gasteiger partial charge in [-0.2, -0.15) is 0 Å². The summed E-state index contributed by atoms with van der Waals surface area (Å²) in [6.45, 7) is 0. The van der Waals surface area contributed by atoms with Gasteiger partial charge in [0.15, 0.2) is 0 Å². The predicted molar refractivity (Wildman–Crippen MR) is 84.9 cm³/mol. The fraction of sp³-hybridized carbons (Fsp3) is 0. The molecule has 0 aliphatic rings. The van der Waals surface area contributed by atoms with E-state index in [1.807, 2.05) is 36.4 Å². The summed E-state index contributed by atoms with van der Waals surface area (Å²) in [5.74, 6) is 1.10. The first-order valence-electron chi connectivity index (χ1n) is 6.05. The molecule has 0 saturated heterocycles. The first-order valence-corrected chi connectivity index (χ1v) is 6.81. The average molecular weight is 304 g/mol. The van der Waals surface area contributed by atoms with Crippen LogP contribution < -0.4 is 10.5 Å². The van der Waals surface area contributed by atoms with Gasteiger partial charge in [0, 0.05) is 10.4 Å². The van der Waals surface area contributed by atoms with Gasteiger partial charge in [0.05, 0.1) is 10.7 Å². The zero-order valence-corrected chi connectivity index (χ0v) is 11.9. The molecule has 20 heavy (non-hydrogen) atoms. The van der Waals surface area contributed by atoms with Crippen LogP contribution in [0.15, 0.2) is 54.6 Å². The van der Waals surface area contributed by atoms with Crippen molar-refractivity contribution in [1.29, 1.82) is 0 Å². The Morgan fingerprint density at radius 2 is 1.60 bits per heavy atom. The van der Waals surface area contributed by atoms with Gasteiger partial charge in [0.2, 0.25) is 0 Å². The predicted octanol–water partition coefficient (Wildman–Crippen LogP) is 5.52. The molecular formula is C16H11Cl2NO. The second kappa shape index (κ2) is 5.23. The van der Waals surface area contributed by atoms with Crippen molar-refractivity contribution >= 4 is 39.7 Å². The number of benzene rings is 3. The van der Waals surface area contributed by atoms with E-state index >= 15 is 0 Å². The van der Waals surface area contributed by atoms with Crippen LogP contribution >= 0.6 is 23.2 Å². The van der Waals surface area contributed by atoms with E-state index in [0.29, 0.717) is 27.2 Å². The lowest BCUT2D eigenvalue weighted by atomic mass is 10.1. The molecule has 0 heterocycles. The van der Waals surface area contributed by atoms with E-state index in [9.17, 15) is 0 Å². The summed E-state index contributed by atoms with van der Waals surface area (Å²) >= 11 is 12.3. The molecule has 2 N–H and O–H groups in total. The number of hydrogen-bond acceptors (Lipinski definition) is 2. The summed E-state index contributed by atoms with van der Waals surface area (Å²) in [4.78, 5) is 0. The number of fused-ring (bicyclic) bond motifs is 1. The van der Waals surface area contributed by atoms with Crippen LogP contribution in [0.1, 0.15) is 0 Å². The van der Waals surface area contributed by atoms with Crippen molar-refractivity contribution in [3.63, 3.8) is 0 Å². The minimum atomic E-state index is 0.474. The van der Waals surface area contributed by atoms with Crippen LogP contribution in [-0.2, 0) is 0 Å². The summed E-state index contributed by atoms with van der Waals surface area (Å²) in [6, 6.07) is 16.8. The minimum Gasteiger partial charge on any atom is -0.454 e. The molecule has 3 aromatic rings. The highest BCUT2D eigenvalue weighted by molar-refractivity contribution is 6.37. The Labute approximate surface area is 126 Å². The van der Waals surface area contributed by atoms with E-state index in [1.54, 1.807) is 18.2 Å². The zero-order valence-electron chi connectivity index (χ0n) is 10.4. The summed E-state index contributed by atoms with van der Waals surface area (Å²) in [5, 5.41) is 3.14. The first-order chi connectivity index (χ1) is 9.65. The maximum absolute atomic E-state index is 6.38. The number of hydrogen-bond donors (Lipinski definition) is 1. The highest BCUT2D eigenvalue weighted by Crippen LogP contribution is 2.37. The Morgan fingerprint density at radius 3 is 2.40 bits per heavy atom. The van der Waals surface area contributed by atoms with Crippen molar-refractivity contribution in [3.05, 3.63) is 64.6 Å². The fourth-order valence-corrected chi connectivity index (χ4v) is 2.48. The number of rotatable bonds is 2. The third kappa shape index (κ3) is 2.40. The largest absolute Gasteiger partial charge is 0.454 e. The van der Waals surface area contributed by atoms with Gasteiger partial charge < -0.3 is 10.5 Å². The van der Waals surface area contributed by atoms with Crippen LogP contribution in [-0.4, -0.2) is 0 Å². The maximum Gasteiger partial charge on any atom is 0.150 e. The van der Waals surface area contributed by atoms with Gasteiger partial charge in [-0.1, -0.05) is 53.5 Å². The van der Waals surface area contributed by atoms with Crippen LogP contribution in [0, 0.1) is 0 Å². The number of nitrogen functional groups attached to an aromatic ring is 1. The second-order valence-corrected chi connectivity index (χ2v) is 5.20. The van der Waals surface area contributed by atoms with E-state index in [4.69, 9.17) is 33.7 Å². The van der Waals surface area contributed by atoms with Crippen LogP contribution in [0.3, 0.4) is 0 Å². The van der Waals surface area contributed by atoms with E-state index in [2.05, 4.69) is 0 Å². The van der Waals surface area contributed by atoms with Gasteiger partial charge >= 0.3 is 0 Å². The molecule has 0 saturated carbocycles. The van der Waals surface area contributed by atoms with Crippen molar-refractivity contribution in [2.75, 3.05) is 5.73 Å². The molecular weight excluding hydrogens is 293 g/mol. The molecule has 3 aromatic carbocycles. The highest BCUT2D eigenvalue weighted by Gasteiger charge is 2.09. The molecule has 2 nitrogen and oxygen atoms in total. The molecule has 0 aliphatic carbocycles. The molecule has 100 valence electrons. The quantitative estimate of drug-likeness (QED) is 0.632. The van der Waals surface area contributed by atoms with Gasteiger partial charge in [-0.05, 0) is 29.7 Å². The van der Waals surface area contributed by atoms with Gasteiger partial charge in [-0.15, -0.1) is 0 Å². The Kier molecular flexibility index (Phi) is 3.43. The van der Waals surface area contributed by atoms with Crippen molar-refractivity contribution in [2.45, 2.75) is 0 Å². The third-order valence-corrected chi connectivity index (χ3v) is 3.64. The van der Waals surface area contributed by atoms with E-state index in [-0.39, 0.29) is 0 Å². The standard InChI is InChI=1S/C16H11Cl2NO/c17-11-6-8-14(13(19)9-11)20-15-7-5-10-3-1-2-4-12(10)16(15)18/h1-9H,19H2. The molecule has 0 aliphatic heterocycles. The third-order valence-electron chi connectivity index (χ3n) is 3.02. The van der Waals surface area contributed by atoms with Crippen molar-refractivity contribution in [1.82, 2.24) is 0 Å². The molecule has 0 spiro atoms. The topological polar surface area (TPSA) is 35.2 Å². The van der Waals surface area contributed by atoms with E-state index < -0.39 is 0 Å². The van der Waals surface area contributed by atoms with Crippen LogP contribution in [0.5, 0.6) is 11.5 Å². The molecule has 0 fully saturated rings. The minimum absolute atomic E-state index is 0.474. The zero-order chi connectivity index (χ0) is 14.1. The number of ether oxygens (including phenoxy) is 1. The number of anilines is 1. The van der Waals surface area contributed by atoms with Crippen molar-refractivity contribution in [3.8, 4) is 11.5 Å². The van der Waals surface area contributed by atoms with Gasteiger partial charge in [-0.3, -0.25) is 0 Å². The van der Waals surface area contributed by atoms with Crippen LogP contribution in [0.4, 0.5) is 5.69 Å². The molecule has 3 rings (SSSR count). The van der Waals surface area contributed by atoms with E-state index in [0.717, 1.165) is 10.8 Å². The summed E-state index contributed by atoms with van der Waals surface area (Å²) in [7, 11) is 0. The Morgan fingerprint density at radius 1 is 0.850 bits per heavy atom. The highest BCUT2D eigenvalue weighted by atomic mass is 35.5. The Bertz CT molecular complexity index is 787. The molecule has 0 radical (unpaired) electrons. The normalized spacial score (nSPS) is 10.7. The monoisotopic (exact) mass is 303 g/mol. The lowest BCUT2D eigenvalue weighted by Crippen LogP contribution is -1.92. The lowest BCUT2D eigenvalue weighted by molar-refractivity contribution is 0.486. The molecule has 0 atom stereocenters. The lowest BCUT2D eigenvalue weighted by Gasteiger charge is -2.11. The Balaban J connectivity index is 2.04. The second-order valence-electron chi connectivity index (χ2n) is 4.38. The molecule has 4 heteroatoms. The van der Waals surface area contributed by atoms with Gasteiger partial charge in [0.1, 0.15) is 11.5 Å². The fourth-order valence-electron chi connectivity index (χ4n) is 2.02. The Hall–Kier alpha value is -1.90. The van der Waals surface area contributed by atoms with Crippen molar-refractivity contribution in [2.24, 2.45) is 0 Å². The van der Waals surface area contributed by atoms with Crippen LogP contribution in [0.2, 0.25) is 10.0 Å². The van der Waals surface area contributed by atoms with E-state index in [1.165, 1.54) is 0 Å². The van der Waals surface area contributed by atoms with Crippen molar-refractivity contribution < 1.29 is 4.74 Å². The van der Waals surface area contributed by atoms with Gasteiger partial charge in [0.25, 0.3) is 0 Å². The number of nitrogens with two attached hydrogens (primary N) is 1. The van der Waals surface area contributed by atoms with Crippen LogP contribution in [0.25, 0.3) is 10.8 Å². The first kappa shape index (κ1) is 13.1. The summed E-state index contributed by atoms with van der Waals surface area (Å²) in [6.07, 6.45) is 0. The molecule has 0 amide bonds. The molecule has 0 unspecified atom stereocenters. The van der Waals surface area contributed by atoms with Gasteiger partial charge in [-0.25, -0.2) is 0 Å². The SMILES string of the molecule is Nc1cc(Cl)ccc1Oc1ccc2ccccc2c1Cl. The smallest absolute Gasteiger partial charge is 0.150 e.